The summed E-state index contributed by atoms with van der Waals surface area (Å²) >= 11 is 1.59. The van der Waals surface area contributed by atoms with Crippen LogP contribution in [0.4, 0.5) is 5.69 Å². The third-order valence-electron chi connectivity index (χ3n) is 5.26. The number of carbonyl (C=O) groups excluding carboxylic acids is 1. The van der Waals surface area contributed by atoms with Crippen LogP contribution in [0.2, 0.25) is 0 Å². The minimum atomic E-state index is -0.966. The smallest absolute Gasteiger partial charge is 0.310 e. The van der Waals surface area contributed by atoms with Gasteiger partial charge in [-0.15, -0.1) is 0 Å². The number of carboxylic acid groups (broad SMARTS) is 1. The van der Waals surface area contributed by atoms with Crippen molar-refractivity contribution < 1.29 is 19.4 Å². The number of nitrogens with zero attached hydrogens (tertiary/aromatic N) is 1. The van der Waals surface area contributed by atoms with Gasteiger partial charge in [-0.3, -0.25) is 14.5 Å². The van der Waals surface area contributed by atoms with E-state index in [4.69, 9.17) is 4.74 Å². The highest BCUT2D eigenvalue weighted by Gasteiger charge is 2.76. The number of anilines is 1. The number of rotatable bonds is 1. The van der Waals surface area contributed by atoms with Crippen molar-refractivity contribution in [3.05, 3.63) is 36.4 Å². The van der Waals surface area contributed by atoms with Gasteiger partial charge in [-0.2, -0.15) is 0 Å². The molecule has 4 aliphatic rings. The zero-order valence-corrected chi connectivity index (χ0v) is 12.5. The Hall–Kier alpha value is -1.79. The average molecular weight is 315 g/mol. The molecule has 1 aromatic rings. The third kappa shape index (κ3) is 1.16. The summed E-state index contributed by atoms with van der Waals surface area (Å²) in [6, 6.07) is 7.73. The topological polar surface area (TPSA) is 66.8 Å². The molecule has 0 aliphatic carbocycles. The quantitative estimate of drug-likeness (QED) is 0.802. The van der Waals surface area contributed by atoms with Crippen LogP contribution in [0, 0.1) is 11.8 Å². The molecule has 5 nitrogen and oxygen atoms in total. The van der Waals surface area contributed by atoms with E-state index in [1.807, 2.05) is 36.4 Å². The van der Waals surface area contributed by atoms with E-state index < -0.39 is 29.0 Å². The Kier molecular flexibility index (Phi) is 2.07. The fourth-order valence-electron chi connectivity index (χ4n) is 4.41. The van der Waals surface area contributed by atoms with Crippen molar-refractivity contribution in [2.24, 2.45) is 11.8 Å². The summed E-state index contributed by atoms with van der Waals surface area (Å²) in [7, 11) is 0. The fourth-order valence-corrected chi connectivity index (χ4v) is 5.88. The van der Waals surface area contributed by atoms with Crippen LogP contribution in [0.25, 0.3) is 0 Å². The lowest BCUT2D eigenvalue weighted by Gasteiger charge is -2.28. The second kappa shape index (κ2) is 3.58. The van der Waals surface area contributed by atoms with Crippen molar-refractivity contribution in [2.75, 3.05) is 4.90 Å². The summed E-state index contributed by atoms with van der Waals surface area (Å²) < 4.78 is 6.19. The van der Waals surface area contributed by atoms with Gasteiger partial charge in [0.1, 0.15) is 16.9 Å². The largest absolute Gasteiger partial charge is 0.481 e. The van der Waals surface area contributed by atoms with Crippen LogP contribution in [-0.4, -0.2) is 33.6 Å². The van der Waals surface area contributed by atoms with Gasteiger partial charge in [0.2, 0.25) is 5.91 Å². The van der Waals surface area contributed by atoms with E-state index in [0.29, 0.717) is 0 Å². The summed E-state index contributed by atoms with van der Waals surface area (Å²) in [4.78, 5) is 27.5. The molecule has 112 valence electrons. The molecule has 4 heterocycles. The monoisotopic (exact) mass is 315 g/mol. The van der Waals surface area contributed by atoms with Crippen molar-refractivity contribution >= 4 is 29.3 Å². The molecule has 22 heavy (non-hydrogen) atoms. The van der Waals surface area contributed by atoms with Gasteiger partial charge in [-0.25, -0.2) is 0 Å². The lowest BCUT2D eigenvalue weighted by atomic mass is 9.72. The van der Waals surface area contributed by atoms with Crippen LogP contribution in [-0.2, 0) is 14.3 Å². The maximum atomic E-state index is 13.0. The van der Waals surface area contributed by atoms with E-state index in [2.05, 4.69) is 0 Å². The van der Waals surface area contributed by atoms with Gasteiger partial charge in [0.25, 0.3) is 0 Å². The van der Waals surface area contributed by atoms with Crippen molar-refractivity contribution in [3.63, 3.8) is 0 Å². The third-order valence-corrected chi connectivity index (χ3v) is 6.66. The minimum Gasteiger partial charge on any atom is -0.481 e. The summed E-state index contributed by atoms with van der Waals surface area (Å²) in [6.45, 7) is 1.76. The maximum absolute atomic E-state index is 13.0. The van der Waals surface area contributed by atoms with Crippen LogP contribution in [0.5, 0.6) is 0 Å². The van der Waals surface area contributed by atoms with E-state index in [-0.39, 0.29) is 11.3 Å². The Labute approximate surface area is 130 Å². The van der Waals surface area contributed by atoms with Crippen LogP contribution in [0.3, 0.4) is 0 Å². The predicted octanol–water partition coefficient (Wildman–Crippen LogP) is 1.88. The molecule has 4 aliphatic heterocycles. The van der Waals surface area contributed by atoms with E-state index in [1.165, 1.54) is 0 Å². The number of hydrogen-bond donors (Lipinski definition) is 1. The van der Waals surface area contributed by atoms with Crippen LogP contribution < -0.4 is 4.90 Å². The maximum Gasteiger partial charge on any atom is 0.310 e. The number of para-hydroxylation sites is 1. The highest BCUT2D eigenvalue weighted by Crippen LogP contribution is 2.65. The minimum absolute atomic E-state index is 0.136. The molecule has 5 rings (SSSR count). The van der Waals surface area contributed by atoms with Gasteiger partial charge in [0.15, 0.2) is 0 Å². The molecule has 1 aromatic carbocycles. The molecule has 1 amide bonds. The van der Waals surface area contributed by atoms with Crippen molar-refractivity contribution in [2.45, 2.75) is 28.4 Å². The standard InChI is InChI=1S/C16H13NO4S/c1-15-6-7-16(21-15)10(11(15)13(19)20)12(18)17-8-4-2-3-5-9(8)22-14(16)17/h2-7,10-11,14H,1H3,(H,19,20)/t10-,11+,14-,15+,16-/m0/s1. The first kappa shape index (κ1) is 12.7. The molecule has 6 heteroatoms. The molecule has 2 bridgehead atoms. The molecular formula is C16H13NO4S. The molecule has 1 N–H and O–H groups in total. The highest BCUT2D eigenvalue weighted by molar-refractivity contribution is 8.00. The number of hydrogen-bond acceptors (Lipinski definition) is 4. The molecule has 0 unspecified atom stereocenters. The number of ether oxygens (including phenoxy) is 1. The van der Waals surface area contributed by atoms with Crippen LogP contribution in [0.1, 0.15) is 6.92 Å². The molecule has 2 fully saturated rings. The lowest BCUT2D eigenvalue weighted by Crippen LogP contribution is -2.43. The second-order valence-electron chi connectivity index (χ2n) is 6.41. The number of benzene rings is 1. The molecule has 0 saturated carbocycles. The Morgan fingerprint density at radius 3 is 2.91 bits per heavy atom. The van der Waals surface area contributed by atoms with Gasteiger partial charge in [-0.05, 0) is 19.1 Å². The predicted molar refractivity (Wildman–Crippen MR) is 79.5 cm³/mol. The summed E-state index contributed by atoms with van der Waals surface area (Å²) in [5.74, 6) is -2.58. The molecule has 2 saturated heterocycles. The highest BCUT2D eigenvalue weighted by atomic mass is 32.2. The van der Waals surface area contributed by atoms with Gasteiger partial charge < -0.3 is 9.84 Å². The number of fused-ring (bicyclic) bond motifs is 4. The van der Waals surface area contributed by atoms with Crippen molar-refractivity contribution in [1.29, 1.82) is 0 Å². The number of amides is 1. The summed E-state index contributed by atoms with van der Waals surface area (Å²) in [6.07, 6.45) is 3.74. The van der Waals surface area contributed by atoms with E-state index in [0.717, 1.165) is 10.6 Å². The first-order chi connectivity index (χ1) is 10.5. The number of carbonyl (C=O) groups is 2. The molecule has 1 spiro atoms. The van der Waals surface area contributed by atoms with Gasteiger partial charge in [0.05, 0.1) is 17.2 Å². The lowest BCUT2D eigenvalue weighted by molar-refractivity contribution is -0.148. The fraction of sp³-hybridized carbons (Fsp3) is 0.375. The Bertz CT molecular complexity index is 777. The SMILES string of the molecule is C[C@]12C=C[C@]3(O1)[C@H](C(=O)N1c4ccccc4S[C@H]13)[C@@H]2C(=O)O. The number of aliphatic carboxylic acids is 1. The molecule has 0 aromatic heterocycles. The Balaban J connectivity index is 1.71. The van der Waals surface area contributed by atoms with E-state index in [9.17, 15) is 14.7 Å². The summed E-state index contributed by atoms with van der Waals surface area (Å²) in [5, 5.41) is 9.41. The van der Waals surface area contributed by atoms with E-state index in [1.54, 1.807) is 23.6 Å². The average Bonchev–Trinajstić information content (AvgIpc) is 3.14. The first-order valence-corrected chi connectivity index (χ1v) is 8.08. The molecular weight excluding hydrogens is 302 g/mol. The van der Waals surface area contributed by atoms with Crippen LogP contribution >= 0.6 is 11.8 Å². The van der Waals surface area contributed by atoms with Crippen molar-refractivity contribution in [3.8, 4) is 0 Å². The van der Waals surface area contributed by atoms with E-state index >= 15 is 0 Å². The van der Waals surface area contributed by atoms with Crippen LogP contribution in [0.15, 0.2) is 41.3 Å². The number of carboxylic acids is 1. The van der Waals surface area contributed by atoms with Gasteiger partial charge in [0, 0.05) is 4.90 Å². The van der Waals surface area contributed by atoms with Gasteiger partial charge in [-0.1, -0.05) is 36.0 Å². The molecule has 0 radical (unpaired) electrons. The Morgan fingerprint density at radius 1 is 1.36 bits per heavy atom. The zero-order valence-electron chi connectivity index (χ0n) is 11.7. The van der Waals surface area contributed by atoms with Crippen molar-refractivity contribution in [1.82, 2.24) is 0 Å². The first-order valence-electron chi connectivity index (χ1n) is 7.20. The number of thioether (sulfide) groups is 1. The summed E-state index contributed by atoms with van der Waals surface area (Å²) in [5.41, 5.74) is -0.868. The second-order valence-corrected chi connectivity index (χ2v) is 7.53. The van der Waals surface area contributed by atoms with Gasteiger partial charge >= 0.3 is 5.97 Å². The normalized spacial score (nSPS) is 43.4. The molecule has 5 atom stereocenters. The Morgan fingerprint density at radius 2 is 2.14 bits per heavy atom. The zero-order chi connectivity index (χ0) is 15.3.